The largest absolute Gasteiger partial charge is 0.324 e. The Kier molecular flexibility index (Phi) is 4.88. The lowest BCUT2D eigenvalue weighted by molar-refractivity contribution is 0.631. The maximum Gasteiger partial charge on any atom is 0.231 e. The molecule has 0 saturated carbocycles. The molecular weight excluding hydrogens is 381 g/mol. The molecule has 0 aliphatic heterocycles. The number of hydrogen-bond donors (Lipinski definition) is 3. The van der Waals surface area contributed by atoms with Crippen LogP contribution in [-0.2, 0) is 0 Å². The number of nitrogens with one attached hydrogen (secondary N) is 2. The molecule has 0 fully saturated rings. The van der Waals surface area contributed by atoms with Crippen molar-refractivity contribution >= 4 is 29.1 Å². The third-order valence-corrected chi connectivity index (χ3v) is 4.29. The van der Waals surface area contributed by atoms with Gasteiger partial charge in [0.25, 0.3) is 0 Å². The van der Waals surface area contributed by atoms with E-state index in [4.69, 9.17) is 17.4 Å². The highest BCUT2D eigenvalue weighted by atomic mass is 35.5. The number of nitrogens with zero attached hydrogens (tertiary/aromatic N) is 4. The molecule has 2 aromatic heterocycles. The maximum absolute atomic E-state index is 14.8. The Morgan fingerprint density at radius 1 is 1.00 bits per heavy atom. The summed E-state index contributed by atoms with van der Waals surface area (Å²) in [5.74, 6) is 5.95. The molecule has 2 aromatic carbocycles. The van der Waals surface area contributed by atoms with Gasteiger partial charge in [0, 0.05) is 23.6 Å². The number of rotatable bonds is 5. The van der Waals surface area contributed by atoms with E-state index in [1.165, 1.54) is 10.7 Å². The highest BCUT2D eigenvalue weighted by molar-refractivity contribution is 6.31. The quantitative estimate of drug-likeness (QED) is 0.347. The average Bonchev–Trinajstić information content (AvgIpc) is 3.25. The molecule has 0 aliphatic carbocycles. The first-order chi connectivity index (χ1) is 13.7. The van der Waals surface area contributed by atoms with E-state index in [-0.39, 0.29) is 22.4 Å². The van der Waals surface area contributed by atoms with Crippen LogP contribution in [0.1, 0.15) is 0 Å². The molecular formula is C19H15ClFN7. The zero-order chi connectivity index (χ0) is 19.5. The van der Waals surface area contributed by atoms with Crippen LogP contribution in [0.25, 0.3) is 16.9 Å². The maximum atomic E-state index is 14.8. The number of nitrogen functional groups attached to an aromatic ring is 1. The van der Waals surface area contributed by atoms with Crippen LogP contribution in [0, 0.1) is 5.82 Å². The lowest BCUT2D eigenvalue weighted by atomic mass is 10.1. The smallest absolute Gasteiger partial charge is 0.231 e. The van der Waals surface area contributed by atoms with Gasteiger partial charge in [0.15, 0.2) is 11.6 Å². The second-order valence-electron chi connectivity index (χ2n) is 5.78. The van der Waals surface area contributed by atoms with Crippen LogP contribution >= 0.6 is 11.6 Å². The third-order valence-electron chi connectivity index (χ3n) is 4.00. The van der Waals surface area contributed by atoms with Crippen molar-refractivity contribution in [3.05, 3.63) is 77.8 Å². The van der Waals surface area contributed by atoms with E-state index in [0.29, 0.717) is 11.4 Å². The van der Waals surface area contributed by atoms with Gasteiger partial charge >= 0.3 is 0 Å². The minimum Gasteiger partial charge on any atom is -0.324 e. The van der Waals surface area contributed by atoms with Gasteiger partial charge in [0.2, 0.25) is 5.95 Å². The standard InChI is InChI=1S/C19H15ClFN7/c20-14-9-4-8-13(16(14)21)15-17(27-22)25-19(24-12-6-2-1-3-7-12)26-18(15)28-11-5-10-23-28/h1-11H,22H2,(H2,24,25,26,27). The zero-order valence-corrected chi connectivity index (χ0v) is 15.2. The van der Waals surface area contributed by atoms with Crippen LogP contribution in [0.4, 0.5) is 21.8 Å². The summed E-state index contributed by atoms with van der Waals surface area (Å²) in [5.41, 5.74) is 3.86. The molecule has 0 amide bonds. The molecule has 140 valence electrons. The molecule has 2 heterocycles. The number of aromatic nitrogens is 4. The minimum absolute atomic E-state index is 0.0154. The fourth-order valence-corrected chi connectivity index (χ4v) is 2.94. The van der Waals surface area contributed by atoms with E-state index in [9.17, 15) is 4.39 Å². The van der Waals surface area contributed by atoms with Crippen molar-refractivity contribution < 1.29 is 4.39 Å². The van der Waals surface area contributed by atoms with Gasteiger partial charge in [-0.3, -0.25) is 0 Å². The first-order valence-corrected chi connectivity index (χ1v) is 8.70. The summed E-state index contributed by atoms with van der Waals surface area (Å²) in [6.45, 7) is 0. The number of nitrogens with two attached hydrogens (primary N) is 1. The molecule has 0 atom stereocenters. The van der Waals surface area contributed by atoms with Gasteiger partial charge in [-0.2, -0.15) is 15.1 Å². The van der Waals surface area contributed by atoms with Crippen LogP contribution in [0.15, 0.2) is 67.0 Å². The zero-order valence-electron chi connectivity index (χ0n) is 14.5. The van der Waals surface area contributed by atoms with Gasteiger partial charge in [-0.1, -0.05) is 41.9 Å². The lowest BCUT2D eigenvalue weighted by Crippen LogP contribution is -2.15. The predicted octanol–water partition coefficient (Wildman–Crippen LogP) is 4.15. The summed E-state index contributed by atoms with van der Waals surface area (Å²) >= 11 is 5.97. The second-order valence-corrected chi connectivity index (χ2v) is 6.19. The van der Waals surface area contributed by atoms with Gasteiger partial charge < -0.3 is 10.7 Å². The van der Waals surface area contributed by atoms with Gasteiger partial charge in [-0.25, -0.2) is 14.9 Å². The van der Waals surface area contributed by atoms with E-state index in [2.05, 4.69) is 25.8 Å². The van der Waals surface area contributed by atoms with Crippen LogP contribution in [0.5, 0.6) is 0 Å². The van der Waals surface area contributed by atoms with Gasteiger partial charge in [0.1, 0.15) is 5.82 Å². The summed E-state index contributed by atoms with van der Waals surface area (Å²) in [4.78, 5) is 8.93. The molecule has 4 aromatic rings. The monoisotopic (exact) mass is 395 g/mol. The molecule has 28 heavy (non-hydrogen) atoms. The van der Waals surface area contributed by atoms with E-state index in [1.807, 2.05) is 30.3 Å². The minimum atomic E-state index is -0.596. The fraction of sp³-hybridized carbons (Fsp3) is 0. The topological polar surface area (TPSA) is 93.7 Å². The molecule has 0 unspecified atom stereocenters. The summed E-state index contributed by atoms with van der Waals surface area (Å²) in [6.07, 6.45) is 3.29. The summed E-state index contributed by atoms with van der Waals surface area (Å²) < 4.78 is 16.3. The van der Waals surface area contributed by atoms with Gasteiger partial charge in [-0.05, 0) is 24.3 Å². The SMILES string of the molecule is NNc1nc(Nc2ccccc2)nc(-n2cccn2)c1-c1cccc(Cl)c1F. The molecule has 0 spiro atoms. The number of anilines is 3. The lowest BCUT2D eigenvalue weighted by Gasteiger charge is -2.16. The highest BCUT2D eigenvalue weighted by Crippen LogP contribution is 2.36. The predicted molar refractivity (Wildman–Crippen MR) is 107 cm³/mol. The molecule has 4 N–H and O–H groups in total. The molecule has 0 saturated heterocycles. The molecule has 0 aliphatic rings. The fourth-order valence-electron chi connectivity index (χ4n) is 2.76. The van der Waals surface area contributed by atoms with Crippen LogP contribution in [-0.4, -0.2) is 19.7 Å². The molecule has 7 nitrogen and oxygen atoms in total. The van der Waals surface area contributed by atoms with E-state index in [1.54, 1.807) is 30.6 Å². The number of benzene rings is 2. The molecule has 4 rings (SSSR count). The van der Waals surface area contributed by atoms with Crippen molar-refractivity contribution in [2.45, 2.75) is 0 Å². The molecule has 0 radical (unpaired) electrons. The second kappa shape index (κ2) is 7.63. The molecule has 9 heteroatoms. The number of hydrazine groups is 1. The summed E-state index contributed by atoms with van der Waals surface area (Å²) in [6, 6.07) is 15.8. The van der Waals surface area contributed by atoms with Gasteiger partial charge in [0.05, 0.1) is 10.6 Å². The Hall–Kier alpha value is -3.49. The first-order valence-electron chi connectivity index (χ1n) is 8.32. The van der Waals surface area contributed by atoms with E-state index >= 15 is 0 Å². The summed E-state index contributed by atoms with van der Waals surface area (Å²) in [7, 11) is 0. The van der Waals surface area contributed by atoms with Crippen molar-refractivity contribution in [3.63, 3.8) is 0 Å². The van der Waals surface area contributed by atoms with Crippen molar-refractivity contribution in [1.82, 2.24) is 19.7 Å². The summed E-state index contributed by atoms with van der Waals surface area (Å²) in [5, 5.41) is 7.31. The van der Waals surface area contributed by atoms with Crippen LogP contribution in [0.2, 0.25) is 5.02 Å². The Morgan fingerprint density at radius 2 is 1.82 bits per heavy atom. The van der Waals surface area contributed by atoms with Crippen LogP contribution in [0.3, 0.4) is 0 Å². The van der Waals surface area contributed by atoms with E-state index < -0.39 is 5.82 Å². The Labute approximate surface area is 165 Å². The molecule has 0 bridgehead atoms. The van der Waals surface area contributed by atoms with Crippen molar-refractivity contribution in [2.24, 2.45) is 5.84 Å². The number of hydrogen-bond acceptors (Lipinski definition) is 6. The third kappa shape index (κ3) is 3.38. The number of halogens is 2. The van der Waals surface area contributed by atoms with Crippen molar-refractivity contribution in [3.8, 4) is 16.9 Å². The first kappa shape index (κ1) is 17.9. The van der Waals surface area contributed by atoms with Gasteiger partial charge in [-0.15, -0.1) is 0 Å². The Bertz CT molecular complexity index is 1100. The average molecular weight is 396 g/mol. The highest BCUT2D eigenvalue weighted by Gasteiger charge is 2.21. The van der Waals surface area contributed by atoms with E-state index in [0.717, 1.165) is 5.69 Å². The van der Waals surface area contributed by atoms with Crippen molar-refractivity contribution in [2.75, 3.05) is 10.7 Å². The normalized spacial score (nSPS) is 10.7. The Balaban J connectivity index is 1.93. The van der Waals surface area contributed by atoms with Crippen LogP contribution < -0.4 is 16.6 Å². The van der Waals surface area contributed by atoms with Crippen molar-refractivity contribution in [1.29, 1.82) is 0 Å². The Morgan fingerprint density at radius 3 is 2.54 bits per heavy atom. The number of para-hydroxylation sites is 1.